The standard InChI is InChI=1S/C31H33FN4O5.H2/c1-18(2)20-16-21(19-8-6-7-9-25(19)39-3)22-17-24(33-28(22)27(20)32)30(37)36-14-12-35(13-15-36)29-26(40-4)11-10-23(34-29)31(38)41-5;/h6-11,16-18,33H,12-15H2,1-5H3;1H. The van der Waals surface area contributed by atoms with Gasteiger partial charge in [-0.15, -0.1) is 0 Å². The normalized spacial score (nSPS) is 13.5. The van der Waals surface area contributed by atoms with Crippen molar-refractivity contribution < 1.29 is 29.6 Å². The molecule has 0 saturated carbocycles. The lowest BCUT2D eigenvalue weighted by Gasteiger charge is -2.35. The molecule has 0 aliphatic carbocycles. The lowest BCUT2D eigenvalue weighted by atomic mass is 9.93. The molecule has 1 aliphatic heterocycles. The van der Waals surface area contributed by atoms with E-state index in [4.69, 9.17) is 14.2 Å². The Morgan fingerprint density at radius 3 is 2.32 bits per heavy atom. The van der Waals surface area contributed by atoms with Gasteiger partial charge in [0.15, 0.2) is 23.1 Å². The summed E-state index contributed by atoms with van der Waals surface area (Å²) in [4.78, 5) is 36.9. The Labute approximate surface area is 239 Å². The summed E-state index contributed by atoms with van der Waals surface area (Å²) in [5, 5.41) is 0.618. The van der Waals surface area contributed by atoms with Crippen LogP contribution in [0.4, 0.5) is 10.2 Å². The minimum absolute atomic E-state index is 0. The number of aromatic amines is 1. The molecule has 1 saturated heterocycles. The number of halogens is 1. The van der Waals surface area contributed by atoms with E-state index in [1.807, 2.05) is 49.1 Å². The van der Waals surface area contributed by atoms with Crippen LogP contribution >= 0.6 is 0 Å². The van der Waals surface area contributed by atoms with E-state index in [9.17, 15) is 9.59 Å². The number of hydrogen-bond acceptors (Lipinski definition) is 7. The first-order valence-electron chi connectivity index (χ1n) is 13.4. The first-order chi connectivity index (χ1) is 19.8. The van der Waals surface area contributed by atoms with Gasteiger partial charge in [-0.3, -0.25) is 4.79 Å². The minimum Gasteiger partial charge on any atom is -0.496 e. The fourth-order valence-electron chi connectivity index (χ4n) is 5.24. The number of nitrogens with one attached hydrogen (secondary N) is 1. The Hall–Kier alpha value is -4.60. The van der Waals surface area contributed by atoms with Crippen molar-refractivity contribution in [2.45, 2.75) is 19.8 Å². The van der Waals surface area contributed by atoms with Crippen LogP contribution < -0.4 is 14.4 Å². The molecule has 0 unspecified atom stereocenters. The summed E-state index contributed by atoms with van der Waals surface area (Å²) in [6, 6.07) is 14.4. The van der Waals surface area contributed by atoms with Crippen molar-refractivity contribution in [1.29, 1.82) is 0 Å². The second kappa shape index (κ2) is 11.5. The third-order valence-corrected chi connectivity index (χ3v) is 7.45. The van der Waals surface area contributed by atoms with Gasteiger partial charge in [0.05, 0.1) is 26.8 Å². The molecule has 3 heterocycles. The molecule has 41 heavy (non-hydrogen) atoms. The van der Waals surface area contributed by atoms with E-state index < -0.39 is 5.97 Å². The molecule has 0 spiro atoms. The number of piperazine rings is 1. The largest absolute Gasteiger partial charge is 0.496 e. The highest BCUT2D eigenvalue weighted by molar-refractivity contribution is 6.04. The SMILES string of the molecule is COC(=O)c1ccc(OC)c(N2CCN(C(=O)c3cc4c(-c5ccccc5OC)cc(C(C)C)c(F)c4[nH]3)CC2)n1.[HH]. The maximum Gasteiger partial charge on any atom is 0.356 e. The number of esters is 1. The molecule has 1 amide bonds. The van der Waals surface area contributed by atoms with Crippen LogP contribution in [0.15, 0.2) is 48.5 Å². The molecule has 5 rings (SSSR count). The molecule has 10 heteroatoms. The highest BCUT2D eigenvalue weighted by Gasteiger charge is 2.28. The summed E-state index contributed by atoms with van der Waals surface area (Å²) in [5.74, 6) is 0.516. The minimum atomic E-state index is -0.540. The van der Waals surface area contributed by atoms with Crippen LogP contribution in [0.25, 0.3) is 22.0 Å². The number of fused-ring (bicyclic) bond motifs is 1. The number of benzene rings is 2. The molecule has 0 bridgehead atoms. The number of carbonyl (C=O) groups excluding carboxylic acids is 2. The molecule has 0 atom stereocenters. The number of para-hydroxylation sites is 1. The van der Waals surface area contributed by atoms with Gasteiger partial charge in [-0.25, -0.2) is 14.2 Å². The number of ether oxygens (including phenoxy) is 3. The number of H-pyrrole nitrogens is 1. The van der Waals surface area contributed by atoms with Gasteiger partial charge in [-0.1, -0.05) is 32.0 Å². The average Bonchev–Trinajstić information content (AvgIpc) is 3.46. The van der Waals surface area contributed by atoms with E-state index in [1.54, 1.807) is 30.2 Å². The maximum atomic E-state index is 15.7. The van der Waals surface area contributed by atoms with Gasteiger partial charge in [0, 0.05) is 38.6 Å². The Morgan fingerprint density at radius 1 is 0.951 bits per heavy atom. The zero-order valence-corrected chi connectivity index (χ0v) is 23.8. The summed E-state index contributed by atoms with van der Waals surface area (Å²) in [7, 11) is 4.44. The molecule has 2 aromatic heterocycles. The smallest absolute Gasteiger partial charge is 0.356 e. The molecule has 2 aromatic carbocycles. The Morgan fingerprint density at radius 2 is 1.66 bits per heavy atom. The number of amides is 1. The number of rotatable bonds is 7. The zero-order valence-electron chi connectivity index (χ0n) is 23.8. The molecule has 9 nitrogen and oxygen atoms in total. The molecule has 216 valence electrons. The van der Waals surface area contributed by atoms with E-state index >= 15 is 4.39 Å². The second-order valence-electron chi connectivity index (χ2n) is 10.1. The van der Waals surface area contributed by atoms with Crippen molar-refractivity contribution in [3.05, 3.63) is 71.3 Å². The van der Waals surface area contributed by atoms with Gasteiger partial charge >= 0.3 is 5.97 Å². The van der Waals surface area contributed by atoms with Gasteiger partial charge in [0.2, 0.25) is 0 Å². The quantitative estimate of drug-likeness (QED) is 0.297. The fourth-order valence-corrected chi connectivity index (χ4v) is 5.24. The van der Waals surface area contributed by atoms with Crippen LogP contribution in [0.2, 0.25) is 0 Å². The zero-order chi connectivity index (χ0) is 29.3. The number of aromatic nitrogens is 2. The van der Waals surface area contributed by atoms with Gasteiger partial charge in [-0.2, -0.15) is 0 Å². The van der Waals surface area contributed by atoms with Crippen molar-refractivity contribution in [1.82, 2.24) is 14.9 Å². The summed E-state index contributed by atoms with van der Waals surface area (Å²) < 4.78 is 31.6. The van der Waals surface area contributed by atoms with E-state index in [-0.39, 0.29) is 24.8 Å². The molecule has 4 aromatic rings. The first kappa shape index (κ1) is 27.9. The number of carbonyl (C=O) groups is 2. The summed E-state index contributed by atoms with van der Waals surface area (Å²) in [6.07, 6.45) is 0. The van der Waals surface area contributed by atoms with Crippen LogP contribution in [0.1, 0.15) is 47.7 Å². The van der Waals surface area contributed by atoms with Crippen molar-refractivity contribution >= 4 is 28.6 Å². The summed E-state index contributed by atoms with van der Waals surface area (Å²) in [6.45, 7) is 5.63. The molecule has 1 aliphatic rings. The third kappa shape index (κ3) is 5.17. The molecular weight excluding hydrogens is 527 g/mol. The van der Waals surface area contributed by atoms with Crippen LogP contribution in [-0.2, 0) is 4.74 Å². The predicted molar refractivity (Wildman–Crippen MR) is 157 cm³/mol. The second-order valence-corrected chi connectivity index (χ2v) is 10.1. The number of pyridine rings is 1. The third-order valence-electron chi connectivity index (χ3n) is 7.45. The van der Waals surface area contributed by atoms with E-state index in [1.165, 1.54) is 14.2 Å². The van der Waals surface area contributed by atoms with Gasteiger partial charge in [0.1, 0.15) is 11.4 Å². The van der Waals surface area contributed by atoms with E-state index in [0.717, 1.165) is 11.1 Å². The first-order valence-corrected chi connectivity index (χ1v) is 13.4. The van der Waals surface area contributed by atoms with Crippen LogP contribution in [-0.4, -0.2) is 74.3 Å². The Balaban J connectivity index is 0.00000405. The van der Waals surface area contributed by atoms with Crippen LogP contribution in [0.3, 0.4) is 0 Å². The van der Waals surface area contributed by atoms with E-state index in [0.29, 0.717) is 65.7 Å². The highest BCUT2D eigenvalue weighted by Crippen LogP contribution is 2.39. The molecule has 1 N–H and O–H groups in total. The maximum absolute atomic E-state index is 15.7. The number of anilines is 1. The van der Waals surface area contributed by atoms with Crippen LogP contribution in [0, 0.1) is 5.82 Å². The fraction of sp³-hybridized carbons (Fsp3) is 0.323. The van der Waals surface area contributed by atoms with Gasteiger partial charge in [-0.05, 0) is 47.4 Å². The summed E-state index contributed by atoms with van der Waals surface area (Å²) >= 11 is 0. The Kier molecular flexibility index (Phi) is 7.83. The van der Waals surface area contributed by atoms with Crippen molar-refractivity contribution in [3.8, 4) is 22.6 Å². The number of nitrogens with zero attached hydrogens (tertiary/aromatic N) is 3. The van der Waals surface area contributed by atoms with Crippen molar-refractivity contribution in [3.63, 3.8) is 0 Å². The average molecular weight is 563 g/mol. The highest BCUT2D eigenvalue weighted by atomic mass is 19.1. The van der Waals surface area contributed by atoms with E-state index in [2.05, 4.69) is 9.97 Å². The molecule has 1 fully saturated rings. The molecular formula is C31H35FN4O5. The Bertz CT molecular complexity index is 1610. The van der Waals surface area contributed by atoms with Gasteiger partial charge < -0.3 is 29.0 Å². The topological polar surface area (TPSA) is 97.0 Å². The van der Waals surface area contributed by atoms with Gasteiger partial charge in [0.25, 0.3) is 5.91 Å². The number of methoxy groups -OCH3 is 3. The predicted octanol–water partition coefficient (Wildman–Crippen LogP) is 5.50. The monoisotopic (exact) mass is 562 g/mol. The number of hydrogen-bond donors (Lipinski definition) is 1. The van der Waals surface area contributed by atoms with Crippen molar-refractivity contribution in [2.24, 2.45) is 0 Å². The van der Waals surface area contributed by atoms with Crippen molar-refractivity contribution in [2.75, 3.05) is 52.4 Å². The lowest BCUT2D eigenvalue weighted by Crippen LogP contribution is -2.49. The van der Waals surface area contributed by atoms with Crippen LogP contribution in [0.5, 0.6) is 11.5 Å². The lowest BCUT2D eigenvalue weighted by molar-refractivity contribution is 0.0594. The summed E-state index contributed by atoms with van der Waals surface area (Å²) in [5.41, 5.74) is 2.97. The molecule has 0 radical (unpaired) electrons.